The Morgan fingerprint density at radius 2 is 0.678 bits per heavy atom. The Labute approximate surface area is 670 Å². The smallest absolute Gasteiger partial charge is 0.330 e. The molecule has 6 aromatic rings. The minimum absolute atomic E-state index is 0.129. The molecule has 0 bridgehead atoms. The lowest BCUT2D eigenvalue weighted by Gasteiger charge is -2.35. The van der Waals surface area contributed by atoms with Crippen LogP contribution < -0.4 is 67.5 Å². The summed E-state index contributed by atoms with van der Waals surface area (Å²) in [5, 5.41) is 19.4. The molecule has 0 spiro atoms. The first-order valence-corrected chi connectivity index (χ1v) is 38.9. The second-order valence-electron chi connectivity index (χ2n) is 30.8. The molecule has 12 heterocycles. The second kappa shape index (κ2) is 38.2. The third-order valence-electron chi connectivity index (χ3n) is 24.7. The van der Waals surface area contributed by atoms with Crippen LogP contribution in [0.2, 0.25) is 0 Å². The van der Waals surface area contributed by atoms with Gasteiger partial charge in [-0.2, -0.15) is 0 Å². The Kier molecular flexibility index (Phi) is 30.9. The van der Waals surface area contributed by atoms with Crippen molar-refractivity contribution in [3.63, 3.8) is 0 Å². The molecule has 1 unspecified atom stereocenters. The van der Waals surface area contributed by atoms with E-state index in [1.807, 2.05) is 44.6 Å². The standard InChI is InChI=1S/C14H21FN2O3.C14H19FN2O3.C13H19FN2O4.C13H17FN2O4.C12H17FN2O4.C12H15FN2O4/c2*1-5-14(8(2)3)9(4)11(15)12(20-14)17-7-6-10(18)16-13(17)19;2*1-4-13(8(3)17)7(2)10(14)11(20-13)16-6-5-9(18)15-12(16)19;2*1-3-12(6-16)7(2)9(13)10(19-12)15-5-4-8(17)14-11(15)18/h6-9,11-12H,5H2,1-4H3,(H,16,18,19);6-7,9,11-12H,2,5H2,1,3-4H3,(H,16,18,19);5-8,10-11,17H,4H2,1-3H3,(H,15,18,19);5-7,10-11H,4H2,1-3H3,(H,15,18,19);4-5,7,9-10,16H,3,6H2,1-2H3,(H,14,17,18);4-7,9-10H,3H2,1-2H3,(H,14,17,18)/t2*9-,11-,12+,14-;7-,8?,10-,11+,13+;7-,10-,11+,13+;2*7-,9-,10+,12-/m000000/s1. The van der Waals surface area contributed by atoms with Crippen molar-refractivity contribution in [2.24, 2.45) is 41.4 Å². The molecule has 12 rings (SSSR count). The Morgan fingerprint density at radius 1 is 0.407 bits per heavy atom. The van der Waals surface area contributed by atoms with Crippen LogP contribution in [0.1, 0.15) is 194 Å². The van der Waals surface area contributed by atoms with Gasteiger partial charge in [0.2, 0.25) is 0 Å². The average Bonchev–Trinajstić information content (AvgIpc) is 1.64. The summed E-state index contributed by atoms with van der Waals surface area (Å²) in [4.78, 5) is 172. The average molecular weight is 1680 g/mol. The van der Waals surface area contributed by atoms with E-state index in [-0.39, 0.29) is 24.2 Å². The lowest BCUT2D eigenvalue weighted by Crippen LogP contribution is -2.45. The van der Waals surface area contributed by atoms with Crippen molar-refractivity contribution in [2.75, 3.05) is 6.61 Å². The fourth-order valence-electron chi connectivity index (χ4n) is 16.7. The Bertz CT molecular complexity index is 5060. The van der Waals surface area contributed by atoms with Crippen LogP contribution in [0.4, 0.5) is 26.3 Å². The predicted octanol–water partition coefficient (Wildman–Crippen LogP) is 5.52. The number of ether oxygens (including phenoxy) is 6. The largest absolute Gasteiger partial charge is 0.393 e. The fraction of sp³-hybridized carbons (Fsp3) is 0.641. The highest BCUT2D eigenvalue weighted by Gasteiger charge is 2.60. The summed E-state index contributed by atoms with van der Waals surface area (Å²) in [5.41, 5.74) is -12.7. The van der Waals surface area contributed by atoms with E-state index in [4.69, 9.17) is 28.4 Å². The molecule has 40 heteroatoms. The van der Waals surface area contributed by atoms with E-state index in [0.29, 0.717) is 44.8 Å². The number of carbonyl (C=O) groups is 2. The molecule has 654 valence electrons. The van der Waals surface area contributed by atoms with Gasteiger partial charge >= 0.3 is 34.1 Å². The summed E-state index contributed by atoms with van der Waals surface area (Å²) < 4.78 is 127. The summed E-state index contributed by atoms with van der Waals surface area (Å²) in [6.07, 6.45) is -5.55. The molecule has 0 amide bonds. The van der Waals surface area contributed by atoms with Crippen molar-refractivity contribution in [2.45, 2.75) is 270 Å². The van der Waals surface area contributed by atoms with Gasteiger partial charge in [0.1, 0.15) is 16.8 Å². The Hall–Kier alpha value is -9.58. The maximum Gasteiger partial charge on any atom is 0.330 e. The molecule has 6 saturated heterocycles. The lowest BCUT2D eigenvalue weighted by atomic mass is 9.77. The molecule has 0 radical (unpaired) electrons. The zero-order chi connectivity index (χ0) is 88.7. The molecule has 34 nitrogen and oxygen atoms in total. The van der Waals surface area contributed by atoms with Gasteiger partial charge in [0.15, 0.2) is 86.5 Å². The molecule has 6 aliphatic rings. The van der Waals surface area contributed by atoms with Crippen molar-refractivity contribution < 1.29 is 74.6 Å². The third-order valence-corrected chi connectivity index (χ3v) is 24.7. The molecule has 6 fully saturated rings. The van der Waals surface area contributed by atoms with Crippen molar-refractivity contribution >= 4 is 12.1 Å². The second-order valence-corrected chi connectivity index (χ2v) is 30.8. The number of aliphatic hydroxyl groups is 2. The summed E-state index contributed by atoms with van der Waals surface area (Å²) in [7, 11) is 0. The number of aliphatic hydroxyl groups excluding tert-OH is 2. The summed E-state index contributed by atoms with van der Waals surface area (Å²) in [6.45, 7) is 33.2. The zero-order valence-electron chi connectivity index (χ0n) is 68.7. The van der Waals surface area contributed by atoms with E-state index in [0.717, 1.165) is 57.2 Å². The normalized spacial score (nSPS) is 34.1. The predicted molar refractivity (Wildman–Crippen MR) is 416 cm³/mol. The minimum Gasteiger partial charge on any atom is -0.393 e. The molecule has 0 saturated carbocycles. The van der Waals surface area contributed by atoms with E-state index in [2.05, 4.69) is 26.5 Å². The van der Waals surface area contributed by atoms with E-state index in [1.54, 1.807) is 76.2 Å². The summed E-state index contributed by atoms with van der Waals surface area (Å²) in [6, 6.07) is 6.86. The van der Waals surface area contributed by atoms with Crippen LogP contribution in [-0.2, 0) is 38.0 Å². The number of carbonyl (C=O) groups excluding carboxylic acids is 2. The number of Topliss-reactive ketones (excluding diaryl/α,β-unsaturated/α-hetero) is 1. The Morgan fingerprint density at radius 3 is 0.890 bits per heavy atom. The van der Waals surface area contributed by atoms with E-state index >= 15 is 0 Å². The highest BCUT2D eigenvalue weighted by atomic mass is 19.2. The molecule has 6 aromatic heterocycles. The van der Waals surface area contributed by atoms with Gasteiger partial charge in [0, 0.05) is 109 Å². The van der Waals surface area contributed by atoms with Crippen LogP contribution in [-0.4, -0.2) is 163 Å². The van der Waals surface area contributed by atoms with Crippen molar-refractivity contribution in [1.29, 1.82) is 0 Å². The van der Waals surface area contributed by atoms with Crippen LogP contribution in [0.25, 0.3) is 0 Å². The maximum atomic E-state index is 14.6. The molecular weight excluding hydrogens is 1570 g/mol. The first-order chi connectivity index (χ1) is 55.2. The number of alkyl halides is 6. The highest BCUT2D eigenvalue weighted by Crippen LogP contribution is 2.52. The van der Waals surface area contributed by atoms with Gasteiger partial charge in [-0.1, -0.05) is 104 Å². The zero-order valence-corrected chi connectivity index (χ0v) is 68.7. The fourth-order valence-corrected chi connectivity index (χ4v) is 16.7. The number of nitrogens with zero attached hydrogens (tertiary/aromatic N) is 6. The first-order valence-electron chi connectivity index (χ1n) is 38.9. The van der Waals surface area contributed by atoms with Gasteiger partial charge in [-0.25, -0.2) is 55.1 Å². The molecular formula is C78H108F6N12O22. The van der Waals surface area contributed by atoms with Crippen LogP contribution in [0.5, 0.6) is 0 Å². The molecule has 0 aliphatic carbocycles. The van der Waals surface area contributed by atoms with E-state index < -0.39 is 211 Å². The molecule has 25 atom stereocenters. The van der Waals surface area contributed by atoms with E-state index in [9.17, 15) is 104 Å². The number of rotatable bonds is 18. The minimum atomic E-state index is -1.51. The van der Waals surface area contributed by atoms with Crippen LogP contribution >= 0.6 is 0 Å². The number of aromatic nitrogens is 12. The van der Waals surface area contributed by atoms with Gasteiger partial charge in [0.25, 0.3) is 33.4 Å². The first kappa shape index (κ1) is 95.6. The van der Waals surface area contributed by atoms with Gasteiger partial charge in [-0.05, 0) is 70.8 Å². The van der Waals surface area contributed by atoms with Crippen LogP contribution in [0.3, 0.4) is 0 Å². The maximum absolute atomic E-state index is 14.6. The van der Waals surface area contributed by atoms with Crippen LogP contribution in [0, 0.1) is 41.4 Å². The molecule has 118 heavy (non-hydrogen) atoms. The van der Waals surface area contributed by atoms with Gasteiger partial charge in [0.05, 0.1) is 29.5 Å². The SMILES string of the molecule is C=C(C)[C@]1(CC)O[C@@H](n2ccc(=O)[nH]c2=O)[C@@H](F)[C@@H]1C.CC[C@@]1(C(C)=O)O[C@@H](n2ccc(=O)[nH]c2=O)[C@@H](F)[C@@H]1C.CC[C@@]1(C(C)C)O[C@@H](n2ccc(=O)[nH]c2=O)[C@@H](F)[C@@H]1C.CC[C@@]1(C(C)O)O[C@@H](n2ccc(=O)[nH]c2=O)[C@@H](F)[C@@H]1C.CC[C@@]1(C=O)O[C@@H](n2ccc(=O)[nH]c2=O)[C@@H](F)[C@@H]1C.CC[C@@]1(CO)O[C@@H](n2ccc(=O)[nH]c2=O)[C@@H](F)[C@@H]1C. The number of hydrogen-bond donors (Lipinski definition) is 8. The number of ketones is 1. The molecule has 8 N–H and O–H groups in total. The highest BCUT2D eigenvalue weighted by molar-refractivity contribution is 5.85. The number of nitrogens with one attached hydrogen (secondary N) is 6. The number of hydrogen-bond acceptors (Lipinski definition) is 22. The van der Waals surface area contributed by atoms with Gasteiger partial charge in [-0.15, -0.1) is 0 Å². The summed E-state index contributed by atoms with van der Waals surface area (Å²) >= 11 is 0. The van der Waals surface area contributed by atoms with Gasteiger partial charge < -0.3 is 43.4 Å². The molecule has 6 aliphatic heterocycles. The third kappa shape index (κ3) is 18.3. The van der Waals surface area contributed by atoms with Crippen molar-refractivity contribution in [3.8, 4) is 0 Å². The van der Waals surface area contributed by atoms with Gasteiger partial charge in [-0.3, -0.25) is 90.9 Å². The van der Waals surface area contributed by atoms with Crippen LogP contribution in [0.15, 0.2) is 143 Å². The van der Waals surface area contributed by atoms with Crippen molar-refractivity contribution in [1.82, 2.24) is 57.3 Å². The van der Waals surface area contributed by atoms with E-state index in [1.165, 1.54) is 56.2 Å². The number of halogens is 6. The van der Waals surface area contributed by atoms with Crippen molar-refractivity contribution in [3.05, 3.63) is 211 Å². The number of H-pyrrole nitrogens is 6. The quantitative estimate of drug-likeness (QED) is 0.0298. The topological polar surface area (TPSA) is 459 Å². The lowest BCUT2D eigenvalue weighted by molar-refractivity contribution is -0.150. The molecule has 0 aromatic carbocycles. The number of aldehydes is 1. The monoisotopic (exact) mass is 1680 g/mol. The number of aromatic amines is 6. The summed E-state index contributed by atoms with van der Waals surface area (Å²) in [5.74, 6) is -3.35. The Balaban J connectivity index is 0.000000195.